The number of methoxy groups -OCH3 is 1. The van der Waals surface area contributed by atoms with E-state index in [1.807, 2.05) is 34.9 Å². The number of carboxylic acid groups (broad SMARTS) is 1. The zero-order chi connectivity index (χ0) is 25.6. The van der Waals surface area contributed by atoms with Gasteiger partial charge in [-0.2, -0.15) is 0 Å². The number of halogens is 1. The number of aromatic carboxylic acids is 1. The molecule has 1 N–H and O–H groups in total. The molecule has 0 saturated heterocycles. The van der Waals surface area contributed by atoms with Gasteiger partial charge in [-0.15, -0.1) is 0 Å². The second-order valence-electron chi connectivity index (χ2n) is 9.28. The van der Waals surface area contributed by atoms with E-state index in [1.54, 1.807) is 7.11 Å². The topological polar surface area (TPSA) is 96.2 Å². The third kappa shape index (κ3) is 4.43. The van der Waals surface area contributed by atoms with E-state index in [9.17, 15) is 14.7 Å². The Hall–Kier alpha value is -3.46. The largest absolute Gasteiger partial charge is 0.493 e. The van der Waals surface area contributed by atoms with Crippen LogP contribution in [0.25, 0.3) is 11.3 Å². The van der Waals surface area contributed by atoms with Gasteiger partial charge in [0.2, 0.25) is 0 Å². The number of hydrogen-bond acceptors (Lipinski definition) is 6. The Kier molecular flexibility index (Phi) is 6.42. The number of carboxylic acids is 1. The molecule has 8 nitrogen and oxygen atoms in total. The molecule has 3 heterocycles. The molecular weight excluding hydrogens is 530 g/mol. The minimum absolute atomic E-state index is 0.0162. The van der Waals surface area contributed by atoms with E-state index in [0.717, 1.165) is 15.6 Å². The lowest BCUT2D eigenvalue weighted by Gasteiger charge is -2.34. The molecule has 2 aromatic carbocycles. The summed E-state index contributed by atoms with van der Waals surface area (Å²) in [6, 6.07) is 10.8. The molecule has 3 aromatic rings. The number of pyridine rings is 1. The first-order chi connectivity index (χ1) is 17.2. The smallest absolute Gasteiger partial charge is 0.341 e. The van der Waals surface area contributed by atoms with E-state index in [2.05, 4.69) is 29.8 Å². The molecule has 188 valence electrons. The highest BCUT2D eigenvalue weighted by atomic mass is 79.9. The van der Waals surface area contributed by atoms with Crippen LogP contribution in [0.3, 0.4) is 0 Å². The predicted molar refractivity (Wildman–Crippen MR) is 137 cm³/mol. The summed E-state index contributed by atoms with van der Waals surface area (Å²) in [6.07, 6.45) is 1.82. The average molecular weight is 556 g/mol. The normalized spacial score (nSPS) is 17.8. The van der Waals surface area contributed by atoms with Crippen molar-refractivity contribution in [3.05, 3.63) is 68.4 Å². The first kappa shape index (κ1) is 24.2. The SMILES string of the molecule is COc1cc2c(cc1OCC1COc3ccc(Br)cc3O1)CC(C(C)C)n1cc(C(=O)O)c(=O)cc1-2. The Bertz CT molecular complexity index is 1400. The van der Waals surface area contributed by atoms with Gasteiger partial charge in [-0.3, -0.25) is 4.79 Å². The molecule has 0 bridgehead atoms. The Morgan fingerprint density at radius 2 is 2.00 bits per heavy atom. The highest BCUT2D eigenvalue weighted by molar-refractivity contribution is 9.10. The van der Waals surface area contributed by atoms with Crippen LogP contribution < -0.4 is 24.4 Å². The van der Waals surface area contributed by atoms with Crippen LogP contribution >= 0.6 is 15.9 Å². The molecule has 0 aliphatic carbocycles. The Labute approximate surface area is 216 Å². The zero-order valence-electron chi connectivity index (χ0n) is 20.1. The van der Waals surface area contributed by atoms with Crippen molar-refractivity contribution in [1.82, 2.24) is 4.57 Å². The van der Waals surface area contributed by atoms with E-state index in [-0.39, 0.29) is 30.2 Å². The van der Waals surface area contributed by atoms with Crippen molar-refractivity contribution in [3.63, 3.8) is 0 Å². The van der Waals surface area contributed by atoms with Crippen molar-refractivity contribution < 1.29 is 28.8 Å². The molecule has 9 heteroatoms. The number of nitrogens with zero attached hydrogens (tertiary/aromatic N) is 1. The molecular formula is C27H26BrNO7. The van der Waals surface area contributed by atoms with E-state index in [0.29, 0.717) is 41.7 Å². The van der Waals surface area contributed by atoms with E-state index >= 15 is 0 Å². The monoisotopic (exact) mass is 555 g/mol. The number of fused-ring (bicyclic) bond motifs is 4. The minimum Gasteiger partial charge on any atom is -0.493 e. The first-order valence-corrected chi connectivity index (χ1v) is 12.5. The molecule has 36 heavy (non-hydrogen) atoms. The maximum Gasteiger partial charge on any atom is 0.341 e. The summed E-state index contributed by atoms with van der Waals surface area (Å²) < 4.78 is 26.4. The fourth-order valence-electron chi connectivity index (χ4n) is 4.72. The number of ether oxygens (including phenoxy) is 4. The van der Waals surface area contributed by atoms with Gasteiger partial charge in [0.1, 0.15) is 18.8 Å². The van der Waals surface area contributed by atoms with E-state index in [4.69, 9.17) is 18.9 Å². The fraction of sp³-hybridized carbons (Fsp3) is 0.333. The molecule has 2 aliphatic heterocycles. The predicted octanol–water partition coefficient (Wildman–Crippen LogP) is 4.96. The minimum atomic E-state index is -1.23. The summed E-state index contributed by atoms with van der Waals surface area (Å²) in [4.78, 5) is 24.1. The standard InChI is InChI=1S/C27H26BrNO7/c1-14(2)20-6-15-7-25(35-13-17-12-34-23-5-4-16(28)8-26(23)36-17)24(33-3)9-18(15)21-10-22(30)19(27(31)32)11-29(20)21/h4-5,7-11,14,17,20H,6,12-13H2,1-3H3,(H,31,32). The van der Waals surface area contributed by atoms with Crippen LogP contribution in [0.4, 0.5) is 0 Å². The number of aromatic nitrogens is 1. The van der Waals surface area contributed by atoms with Crippen molar-refractivity contribution >= 4 is 21.9 Å². The molecule has 2 aliphatic rings. The van der Waals surface area contributed by atoms with Gasteiger partial charge in [0.15, 0.2) is 34.5 Å². The van der Waals surface area contributed by atoms with Crippen LogP contribution in [0.15, 0.2) is 51.9 Å². The molecule has 0 radical (unpaired) electrons. The van der Waals surface area contributed by atoms with Gasteiger partial charge in [0, 0.05) is 28.3 Å². The highest BCUT2D eigenvalue weighted by Gasteiger charge is 2.30. The summed E-state index contributed by atoms with van der Waals surface area (Å²) in [7, 11) is 1.56. The lowest BCUT2D eigenvalue weighted by Crippen LogP contribution is -2.34. The molecule has 2 unspecified atom stereocenters. The second-order valence-corrected chi connectivity index (χ2v) is 10.2. The molecule has 0 fully saturated rings. The zero-order valence-corrected chi connectivity index (χ0v) is 21.7. The van der Waals surface area contributed by atoms with Gasteiger partial charge < -0.3 is 28.6 Å². The van der Waals surface area contributed by atoms with E-state index < -0.39 is 11.4 Å². The van der Waals surface area contributed by atoms with Gasteiger partial charge in [-0.05, 0) is 48.2 Å². The van der Waals surface area contributed by atoms with Crippen molar-refractivity contribution in [2.45, 2.75) is 32.4 Å². The Morgan fingerprint density at radius 1 is 1.19 bits per heavy atom. The molecule has 2 atom stereocenters. The number of hydrogen-bond donors (Lipinski definition) is 1. The van der Waals surface area contributed by atoms with Gasteiger partial charge in [-0.1, -0.05) is 29.8 Å². The van der Waals surface area contributed by atoms with Crippen LogP contribution in [0.2, 0.25) is 0 Å². The van der Waals surface area contributed by atoms with Crippen LogP contribution in [0.1, 0.15) is 35.8 Å². The molecule has 0 saturated carbocycles. The molecule has 0 spiro atoms. The van der Waals surface area contributed by atoms with E-state index in [1.165, 1.54) is 12.3 Å². The van der Waals surface area contributed by atoms with Gasteiger partial charge >= 0.3 is 5.97 Å². The van der Waals surface area contributed by atoms with Gasteiger partial charge in [0.25, 0.3) is 0 Å². The maximum absolute atomic E-state index is 12.5. The second kappa shape index (κ2) is 9.54. The summed E-state index contributed by atoms with van der Waals surface area (Å²) in [6.45, 7) is 4.78. The number of rotatable bonds is 6. The average Bonchev–Trinajstić information content (AvgIpc) is 2.85. The lowest BCUT2D eigenvalue weighted by molar-refractivity contribution is 0.0526. The van der Waals surface area contributed by atoms with Crippen molar-refractivity contribution in [2.75, 3.05) is 20.3 Å². The van der Waals surface area contributed by atoms with Crippen LogP contribution in [-0.2, 0) is 6.42 Å². The fourth-order valence-corrected chi connectivity index (χ4v) is 5.06. The van der Waals surface area contributed by atoms with Crippen LogP contribution in [-0.4, -0.2) is 42.1 Å². The third-order valence-corrected chi connectivity index (χ3v) is 7.07. The van der Waals surface area contributed by atoms with Crippen molar-refractivity contribution in [3.8, 4) is 34.3 Å². The van der Waals surface area contributed by atoms with Crippen LogP contribution in [0, 0.1) is 5.92 Å². The third-order valence-electron chi connectivity index (χ3n) is 6.58. The van der Waals surface area contributed by atoms with Crippen LogP contribution in [0.5, 0.6) is 23.0 Å². The molecule has 5 rings (SSSR count). The number of benzene rings is 2. The summed E-state index contributed by atoms with van der Waals surface area (Å²) >= 11 is 3.45. The number of carbonyl (C=O) groups is 1. The summed E-state index contributed by atoms with van der Waals surface area (Å²) in [5.41, 5.74) is 1.73. The Balaban J connectivity index is 1.46. The first-order valence-electron chi connectivity index (χ1n) is 11.7. The lowest BCUT2D eigenvalue weighted by atomic mass is 9.87. The maximum atomic E-state index is 12.5. The Morgan fingerprint density at radius 3 is 2.72 bits per heavy atom. The summed E-state index contributed by atoms with van der Waals surface area (Å²) in [5, 5.41) is 9.47. The van der Waals surface area contributed by atoms with Crippen molar-refractivity contribution in [1.29, 1.82) is 0 Å². The van der Waals surface area contributed by atoms with Crippen molar-refractivity contribution in [2.24, 2.45) is 5.92 Å². The molecule has 1 aromatic heterocycles. The van der Waals surface area contributed by atoms with Gasteiger partial charge in [0.05, 0.1) is 12.8 Å². The quantitative estimate of drug-likeness (QED) is 0.459. The highest BCUT2D eigenvalue weighted by Crippen LogP contribution is 2.43. The van der Waals surface area contributed by atoms with Gasteiger partial charge in [-0.25, -0.2) is 4.79 Å². The summed E-state index contributed by atoms with van der Waals surface area (Å²) in [5.74, 6) is 1.41. The molecule has 0 amide bonds.